The first-order valence-corrected chi connectivity index (χ1v) is 13.4. The van der Waals surface area contributed by atoms with Crippen molar-refractivity contribution < 1.29 is 13.2 Å². The number of nitrogens with two attached hydrogens (primary N) is 1. The number of primary amides is 1. The maximum absolute atomic E-state index is 12.3. The zero-order valence-corrected chi connectivity index (χ0v) is 20.4. The van der Waals surface area contributed by atoms with E-state index in [0.29, 0.717) is 55.6 Å². The minimum Gasteiger partial charge on any atom is -0.365 e. The van der Waals surface area contributed by atoms with E-state index in [4.69, 9.17) is 10.7 Å². The van der Waals surface area contributed by atoms with E-state index in [1.165, 1.54) is 6.20 Å². The van der Waals surface area contributed by atoms with Gasteiger partial charge in [-0.15, -0.1) is 5.10 Å². The summed E-state index contributed by atoms with van der Waals surface area (Å²) >= 11 is 0. The Morgan fingerprint density at radius 2 is 1.92 bits per heavy atom. The summed E-state index contributed by atoms with van der Waals surface area (Å²) in [6.45, 7) is 2.25. The molecule has 11 nitrogen and oxygen atoms in total. The third-order valence-corrected chi connectivity index (χ3v) is 7.78. The Labute approximate surface area is 208 Å². The normalized spacial score (nSPS) is 15.7. The first-order chi connectivity index (χ1) is 17.4. The smallest absolute Gasteiger partial charge is 0.252 e. The van der Waals surface area contributed by atoms with Crippen molar-refractivity contribution in [3.63, 3.8) is 0 Å². The van der Waals surface area contributed by atoms with Crippen LogP contribution in [-0.4, -0.2) is 81.5 Å². The van der Waals surface area contributed by atoms with Gasteiger partial charge in [0, 0.05) is 44.4 Å². The molecule has 186 valence electrons. The molecule has 1 aliphatic heterocycles. The van der Waals surface area contributed by atoms with Crippen LogP contribution >= 0.6 is 0 Å². The fourth-order valence-corrected chi connectivity index (χ4v) is 5.58. The number of amides is 1. The Kier molecular flexibility index (Phi) is 6.61. The quantitative estimate of drug-likeness (QED) is 0.377. The molecule has 2 N–H and O–H groups in total. The van der Waals surface area contributed by atoms with Gasteiger partial charge in [0.15, 0.2) is 15.7 Å². The van der Waals surface area contributed by atoms with E-state index in [2.05, 4.69) is 20.0 Å². The molecule has 0 saturated carbocycles. The monoisotopic (exact) mass is 506 g/mol. The molecular formula is C24H26N8O3S. The second-order valence-electron chi connectivity index (χ2n) is 8.57. The molecule has 4 aromatic heterocycles. The average Bonchev–Trinajstić information content (AvgIpc) is 3.37. The maximum Gasteiger partial charge on any atom is 0.252 e. The van der Waals surface area contributed by atoms with Crippen LogP contribution in [-0.2, 0) is 9.84 Å². The first-order valence-electron chi connectivity index (χ1n) is 11.6. The lowest BCUT2D eigenvalue weighted by Gasteiger charge is -2.29. The van der Waals surface area contributed by atoms with Crippen molar-refractivity contribution in [1.82, 2.24) is 29.5 Å². The van der Waals surface area contributed by atoms with E-state index in [1.54, 1.807) is 23.0 Å². The van der Waals surface area contributed by atoms with Crippen LogP contribution in [0.2, 0.25) is 0 Å². The first kappa shape index (κ1) is 23.8. The maximum atomic E-state index is 12.3. The number of pyridine rings is 2. The molecule has 0 atom stereocenters. The molecule has 0 unspecified atom stereocenters. The van der Waals surface area contributed by atoms with E-state index >= 15 is 0 Å². The highest BCUT2D eigenvalue weighted by molar-refractivity contribution is 7.91. The summed E-state index contributed by atoms with van der Waals surface area (Å²) in [6, 6.07) is 11.1. The fraction of sp³-hybridized carbons (Fsp3) is 0.292. The van der Waals surface area contributed by atoms with Gasteiger partial charge in [-0.25, -0.2) is 17.9 Å². The minimum atomic E-state index is -2.94. The van der Waals surface area contributed by atoms with Crippen molar-refractivity contribution in [2.75, 3.05) is 42.6 Å². The van der Waals surface area contributed by atoms with Gasteiger partial charge in [0.2, 0.25) is 5.82 Å². The molecule has 0 aliphatic carbocycles. The highest BCUT2D eigenvalue weighted by Gasteiger charge is 2.24. The lowest BCUT2D eigenvalue weighted by atomic mass is 10.2. The molecule has 1 saturated heterocycles. The number of hydrogen-bond acceptors (Lipinski definition) is 9. The van der Waals surface area contributed by atoms with Gasteiger partial charge in [-0.3, -0.25) is 14.8 Å². The summed E-state index contributed by atoms with van der Waals surface area (Å²) < 4.78 is 25.3. The van der Waals surface area contributed by atoms with Gasteiger partial charge in [-0.05, 0) is 43.3 Å². The number of hydrogen-bond donors (Lipinski definition) is 1. The zero-order valence-electron chi connectivity index (χ0n) is 19.6. The summed E-state index contributed by atoms with van der Waals surface area (Å²) in [5, 5.41) is 4.61. The molecule has 1 aliphatic rings. The van der Waals surface area contributed by atoms with Crippen LogP contribution in [0.1, 0.15) is 16.8 Å². The summed E-state index contributed by atoms with van der Waals surface area (Å²) in [7, 11) is -2.94. The number of aromatic nitrogens is 5. The third kappa shape index (κ3) is 5.04. The van der Waals surface area contributed by atoms with Crippen LogP contribution in [0.25, 0.3) is 17.0 Å². The summed E-state index contributed by atoms with van der Waals surface area (Å²) in [4.78, 5) is 29.7. The van der Waals surface area contributed by atoms with Gasteiger partial charge in [0.05, 0.1) is 22.8 Å². The van der Waals surface area contributed by atoms with E-state index in [1.807, 2.05) is 41.4 Å². The van der Waals surface area contributed by atoms with Gasteiger partial charge in [-0.2, -0.15) is 0 Å². The topological polar surface area (TPSA) is 140 Å². The van der Waals surface area contributed by atoms with Crippen molar-refractivity contribution in [3.05, 3.63) is 66.7 Å². The Balaban J connectivity index is 1.53. The zero-order chi connectivity index (χ0) is 25.1. The van der Waals surface area contributed by atoms with Gasteiger partial charge in [0.1, 0.15) is 11.2 Å². The van der Waals surface area contributed by atoms with Crippen molar-refractivity contribution in [1.29, 1.82) is 0 Å². The fourth-order valence-electron chi connectivity index (χ4n) is 4.30. The van der Waals surface area contributed by atoms with E-state index < -0.39 is 15.7 Å². The van der Waals surface area contributed by atoms with Crippen molar-refractivity contribution >= 4 is 32.8 Å². The van der Waals surface area contributed by atoms with Crippen LogP contribution in [0.4, 0.5) is 11.5 Å². The Morgan fingerprint density at radius 1 is 1.08 bits per heavy atom. The lowest BCUT2D eigenvalue weighted by molar-refractivity contribution is 0.100. The SMILES string of the molecule is NC(=O)c1cnccc1N(CCCN1CCS(=O)(=O)CC1)c1nc(-c2ccccn2)nn2cccc12. The van der Waals surface area contributed by atoms with Gasteiger partial charge in [0.25, 0.3) is 5.91 Å². The molecule has 0 spiro atoms. The van der Waals surface area contributed by atoms with Crippen LogP contribution in [0.5, 0.6) is 0 Å². The number of carbonyl (C=O) groups excluding carboxylic acids is 1. The third-order valence-electron chi connectivity index (χ3n) is 6.17. The molecule has 0 radical (unpaired) electrons. The predicted octanol–water partition coefficient (Wildman–Crippen LogP) is 1.54. The molecule has 4 aromatic rings. The number of sulfone groups is 1. The summed E-state index contributed by atoms with van der Waals surface area (Å²) in [5.41, 5.74) is 7.94. The van der Waals surface area contributed by atoms with Gasteiger partial charge >= 0.3 is 0 Å². The van der Waals surface area contributed by atoms with Crippen LogP contribution in [0.3, 0.4) is 0 Å². The summed E-state index contributed by atoms with van der Waals surface area (Å²) in [6.07, 6.45) is 7.29. The van der Waals surface area contributed by atoms with E-state index in [0.717, 1.165) is 5.52 Å². The van der Waals surface area contributed by atoms with E-state index in [9.17, 15) is 13.2 Å². The van der Waals surface area contributed by atoms with E-state index in [-0.39, 0.29) is 17.1 Å². The second-order valence-corrected chi connectivity index (χ2v) is 10.9. The number of anilines is 2. The minimum absolute atomic E-state index is 0.178. The number of fused-ring (bicyclic) bond motifs is 1. The van der Waals surface area contributed by atoms with Gasteiger partial charge in [-0.1, -0.05) is 6.07 Å². The molecule has 1 fully saturated rings. The van der Waals surface area contributed by atoms with Crippen LogP contribution in [0, 0.1) is 0 Å². The molecule has 0 bridgehead atoms. The molecule has 0 aromatic carbocycles. The van der Waals surface area contributed by atoms with Crippen LogP contribution < -0.4 is 10.6 Å². The molecular weight excluding hydrogens is 480 g/mol. The Bertz CT molecular complexity index is 1480. The van der Waals surface area contributed by atoms with Crippen LogP contribution in [0.15, 0.2) is 61.2 Å². The van der Waals surface area contributed by atoms with Crippen molar-refractivity contribution in [3.8, 4) is 11.5 Å². The highest BCUT2D eigenvalue weighted by atomic mass is 32.2. The largest absolute Gasteiger partial charge is 0.365 e. The number of rotatable bonds is 8. The highest BCUT2D eigenvalue weighted by Crippen LogP contribution is 2.31. The Morgan fingerprint density at radius 3 is 2.67 bits per heavy atom. The molecule has 36 heavy (non-hydrogen) atoms. The number of nitrogens with zero attached hydrogens (tertiary/aromatic N) is 7. The molecule has 5 rings (SSSR count). The van der Waals surface area contributed by atoms with Crippen molar-refractivity contribution in [2.24, 2.45) is 5.73 Å². The molecule has 12 heteroatoms. The lowest BCUT2D eigenvalue weighted by Crippen LogP contribution is -2.41. The average molecular weight is 507 g/mol. The van der Waals surface area contributed by atoms with Crippen molar-refractivity contribution in [2.45, 2.75) is 6.42 Å². The number of carbonyl (C=O) groups is 1. The predicted molar refractivity (Wildman–Crippen MR) is 136 cm³/mol. The Hall–Kier alpha value is -3.90. The van der Waals surface area contributed by atoms with Gasteiger partial charge < -0.3 is 15.5 Å². The standard InChI is InChI=1S/C24H26N8O3S/c25-22(33)18-17-26-9-7-20(18)31(11-4-10-30-13-15-36(34,35)16-14-30)24-21-6-3-12-32(21)29-23(28-24)19-5-1-2-8-27-19/h1-3,5-9,12,17H,4,10-11,13-16H2,(H2,25,33). The molecule has 5 heterocycles. The molecule has 1 amide bonds. The second kappa shape index (κ2) is 9.99. The summed E-state index contributed by atoms with van der Waals surface area (Å²) in [5.74, 6) is 0.809.